The van der Waals surface area contributed by atoms with Gasteiger partial charge in [-0.05, 0) is 37.3 Å². The Bertz CT molecular complexity index is 664. The summed E-state index contributed by atoms with van der Waals surface area (Å²) in [7, 11) is 1.66. The molecule has 0 fully saturated rings. The van der Waals surface area contributed by atoms with Gasteiger partial charge in [-0.15, -0.1) is 11.3 Å². The molecule has 0 spiro atoms. The molecule has 3 rings (SSSR count). The first-order valence-corrected chi connectivity index (χ1v) is 6.22. The lowest BCUT2D eigenvalue weighted by atomic mass is 10.2. The van der Waals surface area contributed by atoms with E-state index in [0.29, 0.717) is 0 Å². The number of methoxy groups -OCH3 is 1. The lowest BCUT2D eigenvalue weighted by Gasteiger charge is -1.96. The van der Waals surface area contributed by atoms with Gasteiger partial charge in [-0.2, -0.15) is 0 Å². The fourth-order valence-electron chi connectivity index (χ4n) is 1.83. The second-order valence-corrected chi connectivity index (χ2v) is 5.21. The Morgan fingerprint density at radius 1 is 1.12 bits per heavy atom. The molecule has 86 valence electrons. The summed E-state index contributed by atoms with van der Waals surface area (Å²) < 4.78 is 11.0. The molecule has 0 aliphatic rings. The van der Waals surface area contributed by atoms with Crippen molar-refractivity contribution in [3.05, 3.63) is 41.3 Å². The number of hydrogen-bond acceptors (Lipinski definition) is 3. The minimum absolute atomic E-state index is 0.820. The number of fused-ring (bicyclic) bond motifs is 1. The Kier molecular flexibility index (Phi) is 2.41. The van der Waals surface area contributed by atoms with E-state index in [1.807, 2.05) is 18.2 Å². The van der Waals surface area contributed by atoms with Gasteiger partial charge in [-0.3, -0.25) is 0 Å². The molecule has 0 aliphatic carbocycles. The first kappa shape index (κ1) is 10.4. The minimum atomic E-state index is 0.820. The van der Waals surface area contributed by atoms with Crippen LogP contribution in [0, 0.1) is 6.92 Å². The van der Waals surface area contributed by atoms with Gasteiger partial charge < -0.3 is 9.15 Å². The van der Waals surface area contributed by atoms with E-state index in [1.165, 1.54) is 4.88 Å². The number of ether oxygens (including phenoxy) is 1. The molecule has 0 saturated carbocycles. The van der Waals surface area contributed by atoms with E-state index < -0.39 is 0 Å². The molecule has 0 radical (unpaired) electrons. The third-order valence-corrected chi connectivity index (χ3v) is 3.73. The van der Waals surface area contributed by atoms with Crippen LogP contribution in [0.3, 0.4) is 0 Å². The summed E-state index contributed by atoms with van der Waals surface area (Å²) in [5.74, 6) is 1.74. The Hall–Kier alpha value is -1.74. The summed E-state index contributed by atoms with van der Waals surface area (Å²) in [4.78, 5) is 2.45. The lowest BCUT2D eigenvalue weighted by molar-refractivity contribution is 0.414. The van der Waals surface area contributed by atoms with E-state index in [1.54, 1.807) is 18.4 Å². The summed E-state index contributed by atoms with van der Waals surface area (Å²) in [6, 6.07) is 12.1. The molecule has 2 nitrogen and oxygen atoms in total. The topological polar surface area (TPSA) is 22.4 Å². The van der Waals surface area contributed by atoms with Gasteiger partial charge >= 0.3 is 0 Å². The van der Waals surface area contributed by atoms with E-state index in [9.17, 15) is 0 Å². The zero-order valence-corrected chi connectivity index (χ0v) is 10.5. The second-order valence-electron chi connectivity index (χ2n) is 3.92. The summed E-state index contributed by atoms with van der Waals surface area (Å²) in [5.41, 5.74) is 0.866. The predicted octanol–water partition coefficient (Wildman–Crippen LogP) is 4.48. The van der Waals surface area contributed by atoms with E-state index in [-0.39, 0.29) is 0 Å². The zero-order chi connectivity index (χ0) is 11.8. The van der Waals surface area contributed by atoms with Crippen LogP contribution in [0.4, 0.5) is 0 Å². The molecular formula is C14H12O2S. The van der Waals surface area contributed by atoms with Crippen molar-refractivity contribution >= 4 is 22.3 Å². The molecule has 2 aromatic heterocycles. The maximum absolute atomic E-state index is 5.84. The van der Waals surface area contributed by atoms with Crippen molar-refractivity contribution in [3.8, 4) is 16.4 Å². The monoisotopic (exact) mass is 244 g/mol. The van der Waals surface area contributed by atoms with Crippen LogP contribution in [0.2, 0.25) is 0 Å². The van der Waals surface area contributed by atoms with Gasteiger partial charge in [0, 0.05) is 16.3 Å². The highest BCUT2D eigenvalue weighted by Crippen LogP contribution is 2.33. The summed E-state index contributed by atoms with van der Waals surface area (Å²) >= 11 is 1.74. The smallest absolute Gasteiger partial charge is 0.145 e. The third kappa shape index (κ3) is 1.83. The van der Waals surface area contributed by atoms with Gasteiger partial charge in [-0.25, -0.2) is 0 Å². The molecule has 0 saturated heterocycles. The average Bonchev–Trinajstić information content (AvgIpc) is 2.93. The molecule has 3 aromatic rings. The highest BCUT2D eigenvalue weighted by atomic mass is 32.1. The normalized spacial score (nSPS) is 10.9. The van der Waals surface area contributed by atoms with Crippen molar-refractivity contribution in [2.75, 3.05) is 7.11 Å². The quantitative estimate of drug-likeness (QED) is 0.663. The van der Waals surface area contributed by atoms with Crippen molar-refractivity contribution < 1.29 is 9.15 Å². The van der Waals surface area contributed by atoms with Gasteiger partial charge in [-0.1, -0.05) is 0 Å². The number of furan rings is 1. The first-order chi connectivity index (χ1) is 8.26. The van der Waals surface area contributed by atoms with Gasteiger partial charge in [0.2, 0.25) is 0 Å². The summed E-state index contributed by atoms with van der Waals surface area (Å²) in [5, 5.41) is 1.10. The maximum atomic E-state index is 5.84. The Morgan fingerprint density at radius 2 is 2.00 bits per heavy atom. The van der Waals surface area contributed by atoms with Crippen molar-refractivity contribution in [1.29, 1.82) is 0 Å². The van der Waals surface area contributed by atoms with Crippen molar-refractivity contribution in [2.45, 2.75) is 6.92 Å². The van der Waals surface area contributed by atoms with E-state index >= 15 is 0 Å². The standard InChI is InChI=1S/C14H12O2S/c1-9-3-6-14(17-9)13-7-10-4-5-11(15-2)8-12(10)16-13/h3-8H,1-2H3. The van der Waals surface area contributed by atoms with Crippen LogP contribution in [0.25, 0.3) is 21.6 Å². The summed E-state index contributed by atoms with van der Waals surface area (Å²) in [6.07, 6.45) is 0. The largest absolute Gasteiger partial charge is 0.497 e. The minimum Gasteiger partial charge on any atom is -0.497 e. The fraction of sp³-hybridized carbons (Fsp3) is 0.143. The fourth-order valence-corrected chi connectivity index (χ4v) is 2.65. The van der Waals surface area contributed by atoms with Gasteiger partial charge in [0.15, 0.2) is 0 Å². The van der Waals surface area contributed by atoms with Crippen LogP contribution in [-0.2, 0) is 0 Å². The van der Waals surface area contributed by atoms with Gasteiger partial charge in [0.25, 0.3) is 0 Å². The molecule has 0 unspecified atom stereocenters. The number of benzene rings is 1. The molecule has 1 aromatic carbocycles. The van der Waals surface area contributed by atoms with Crippen LogP contribution in [0.1, 0.15) is 4.88 Å². The second kappa shape index (κ2) is 3.93. The highest BCUT2D eigenvalue weighted by Gasteiger charge is 2.08. The molecule has 0 bridgehead atoms. The van der Waals surface area contributed by atoms with Crippen LogP contribution in [0.5, 0.6) is 5.75 Å². The van der Waals surface area contributed by atoms with Crippen molar-refractivity contribution in [1.82, 2.24) is 0 Å². The molecule has 0 N–H and O–H groups in total. The van der Waals surface area contributed by atoms with Crippen molar-refractivity contribution in [2.24, 2.45) is 0 Å². The van der Waals surface area contributed by atoms with Crippen LogP contribution >= 0.6 is 11.3 Å². The SMILES string of the molecule is COc1ccc2cc(-c3ccc(C)s3)oc2c1. The highest BCUT2D eigenvalue weighted by molar-refractivity contribution is 7.15. The number of aryl methyl sites for hydroxylation is 1. The predicted molar refractivity (Wildman–Crippen MR) is 70.8 cm³/mol. The molecule has 2 heterocycles. The molecule has 0 atom stereocenters. The number of rotatable bonds is 2. The van der Waals surface area contributed by atoms with Gasteiger partial charge in [0.05, 0.1) is 12.0 Å². The Morgan fingerprint density at radius 3 is 2.71 bits per heavy atom. The Balaban J connectivity index is 2.13. The van der Waals surface area contributed by atoms with Crippen LogP contribution < -0.4 is 4.74 Å². The van der Waals surface area contributed by atoms with E-state index in [4.69, 9.17) is 9.15 Å². The van der Waals surface area contributed by atoms with Crippen molar-refractivity contribution in [3.63, 3.8) is 0 Å². The summed E-state index contributed by atoms with van der Waals surface area (Å²) in [6.45, 7) is 2.10. The molecule has 17 heavy (non-hydrogen) atoms. The lowest BCUT2D eigenvalue weighted by Crippen LogP contribution is -1.79. The van der Waals surface area contributed by atoms with E-state index in [0.717, 1.165) is 27.4 Å². The van der Waals surface area contributed by atoms with Gasteiger partial charge in [0.1, 0.15) is 17.1 Å². The first-order valence-electron chi connectivity index (χ1n) is 5.40. The van der Waals surface area contributed by atoms with Crippen LogP contribution in [-0.4, -0.2) is 7.11 Å². The number of thiophene rings is 1. The third-order valence-electron chi connectivity index (χ3n) is 2.71. The maximum Gasteiger partial charge on any atom is 0.145 e. The Labute approximate surface area is 103 Å². The molecule has 3 heteroatoms. The zero-order valence-electron chi connectivity index (χ0n) is 9.69. The molecule has 0 aliphatic heterocycles. The van der Waals surface area contributed by atoms with Crippen LogP contribution in [0.15, 0.2) is 40.8 Å². The molecular weight excluding hydrogens is 232 g/mol. The average molecular weight is 244 g/mol. The number of hydrogen-bond donors (Lipinski definition) is 0. The van der Waals surface area contributed by atoms with E-state index in [2.05, 4.69) is 25.1 Å². The molecule has 0 amide bonds.